The zero-order chi connectivity index (χ0) is 20.9. The van der Waals surface area contributed by atoms with E-state index in [-0.39, 0.29) is 5.92 Å². The van der Waals surface area contributed by atoms with Crippen molar-refractivity contribution in [2.24, 2.45) is 5.92 Å². The maximum atomic E-state index is 13.1. The number of likely N-dealkylation sites (tertiary alicyclic amines) is 1. The summed E-state index contributed by atoms with van der Waals surface area (Å²) < 4.78 is 5.24. The predicted octanol–water partition coefficient (Wildman–Crippen LogP) is 3.56. The molecule has 2 aliphatic rings. The van der Waals surface area contributed by atoms with Crippen molar-refractivity contribution in [3.8, 4) is 5.75 Å². The molecule has 0 spiro atoms. The van der Waals surface area contributed by atoms with E-state index < -0.39 is 0 Å². The van der Waals surface area contributed by atoms with Gasteiger partial charge in [-0.2, -0.15) is 0 Å². The summed E-state index contributed by atoms with van der Waals surface area (Å²) in [5.74, 6) is 1.42. The fraction of sp³-hybridized carbons (Fsp3) is 0.480. The Kier molecular flexibility index (Phi) is 6.58. The molecule has 2 fully saturated rings. The highest BCUT2D eigenvalue weighted by atomic mass is 16.5. The number of piperazine rings is 1. The minimum Gasteiger partial charge on any atom is -0.497 e. The van der Waals surface area contributed by atoms with Crippen LogP contribution in [0.1, 0.15) is 24.0 Å². The zero-order valence-corrected chi connectivity index (χ0v) is 18.2. The van der Waals surface area contributed by atoms with Crippen molar-refractivity contribution in [1.29, 1.82) is 0 Å². The van der Waals surface area contributed by atoms with Crippen LogP contribution in [0.5, 0.6) is 5.75 Å². The van der Waals surface area contributed by atoms with Gasteiger partial charge in [0.1, 0.15) is 5.75 Å². The summed E-state index contributed by atoms with van der Waals surface area (Å²) in [6, 6.07) is 17.0. The molecule has 0 aliphatic carbocycles. The molecule has 0 N–H and O–H groups in total. The number of hydrogen-bond donors (Lipinski definition) is 0. The Balaban J connectivity index is 1.23. The number of ether oxygens (including phenoxy) is 1. The number of amides is 1. The average molecular weight is 408 g/mol. The molecular weight excluding hydrogens is 374 g/mol. The zero-order valence-electron chi connectivity index (χ0n) is 18.2. The molecule has 0 atom stereocenters. The van der Waals surface area contributed by atoms with Gasteiger partial charge in [0.05, 0.1) is 7.11 Å². The van der Waals surface area contributed by atoms with E-state index in [1.165, 1.54) is 16.8 Å². The Morgan fingerprint density at radius 2 is 1.53 bits per heavy atom. The Morgan fingerprint density at radius 1 is 0.900 bits per heavy atom. The van der Waals surface area contributed by atoms with Crippen molar-refractivity contribution in [2.75, 3.05) is 51.3 Å². The van der Waals surface area contributed by atoms with Crippen LogP contribution in [-0.4, -0.2) is 62.1 Å². The van der Waals surface area contributed by atoms with Gasteiger partial charge in [0, 0.05) is 44.3 Å². The first-order chi connectivity index (χ1) is 14.6. The highest BCUT2D eigenvalue weighted by Gasteiger charge is 2.30. The fourth-order valence-electron chi connectivity index (χ4n) is 4.53. The lowest BCUT2D eigenvalue weighted by molar-refractivity contribution is -0.137. The Bertz CT molecular complexity index is 818. The first-order valence-corrected chi connectivity index (χ1v) is 11.1. The lowest BCUT2D eigenvalue weighted by Gasteiger charge is -2.39. The quantitative estimate of drug-likeness (QED) is 0.759. The van der Waals surface area contributed by atoms with Gasteiger partial charge < -0.3 is 14.5 Å². The summed E-state index contributed by atoms with van der Waals surface area (Å²) in [5, 5.41) is 0. The number of piperidine rings is 1. The number of anilines is 1. The molecule has 0 aromatic heterocycles. The highest BCUT2D eigenvalue weighted by Crippen LogP contribution is 2.24. The molecule has 4 rings (SSSR count). The number of methoxy groups -OCH3 is 1. The van der Waals surface area contributed by atoms with Gasteiger partial charge >= 0.3 is 0 Å². The van der Waals surface area contributed by atoms with E-state index in [1.54, 1.807) is 7.11 Å². The molecule has 0 unspecified atom stereocenters. The second-order valence-corrected chi connectivity index (χ2v) is 8.55. The van der Waals surface area contributed by atoms with Crippen LogP contribution in [0.4, 0.5) is 5.69 Å². The van der Waals surface area contributed by atoms with Gasteiger partial charge in [0.2, 0.25) is 5.91 Å². The number of carbonyl (C=O) groups is 1. The van der Waals surface area contributed by atoms with Crippen LogP contribution in [0.3, 0.4) is 0 Å². The van der Waals surface area contributed by atoms with Crippen molar-refractivity contribution >= 4 is 11.6 Å². The van der Waals surface area contributed by atoms with E-state index in [9.17, 15) is 4.79 Å². The van der Waals surface area contributed by atoms with Crippen molar-refractivity contribution in [3.63, 3.8) is 0 Å². The van der Waals surface area contributed by atoms with Crippen molar-refractivity contribution in [3.05, 3.63) is 59.7 Å². The molecule has 5 heteroatoms. The molecule has 2 aromatic rings. The van der Waals surface area contributed by atoms with Gasteiger partial charge in [-0.1, -0.05) is 29.8 Å². The van der Waals surface area contributed by atoms with E-state index in [0.29, 0.717) is 5.91 Å². The summed E-state index contributed by atoms with van der Waals surface area (Å²) in [7, 11) is 1.69. The van der Waals surface area contributed by atoms with Crippen molar-refractivity contribution in [2.45, 2.75) is 26.3 Å². The Hall–Kier alpha value is -2.53. The Morgan fingerprint density at radius 3 is 2.13 bits per heavy atom. The summed E-state index contributed by atoms with van der Waals surface area (Å²) in [4.78, 5) is 20.0. The van der Waals surface area contributed by atoms with E-state index >= 15 is 0 Å². The third-order valence-electron chi connectivity index (χ3n) is 6.49. The van der Waals surface area contributed by atoms with Gasteiger partial charge in [0.25, 0.3) is 0 Å². The van der Waals surface area contributed by atoms with Gasteiger partial charge in [-0.3, -0.25) is 9.69 Å². The summed E-state index contributed by atoms with van der Waals surface area (Å²) in [6.45, 7) is 8.54. The highest BCUT2D eigenvalue weighted by molar-refractivity contribution is 5.79. The van der Waals surface area contributed by atoms with Crippen molar-refractivity contribution < 1.29 is 9.53 Å². The number of benzene rings is 2. The van der Waals surface area contributed by atoms with E-state index in [2.05, 4.69) is 58.0 Å². The molecule has 2 heterocycles. The van der Waals surface area contributed by atoms with Crippen LogP contribution in [-0.2, 0) is 11.3 Å². The number of carbonyl (C=O) groups excluding carboxylic acids is 1. The maximum absolute atomic E-state index is 13.1. The smallest absolute Gasteiger partial charge is 0.225 e. The molecule has 160 valence electrons. The molecule has 2 aromatic carbocycles. The molecule has 0 radical (unpaired) electrons. The van der Waals surface area contributed by atoms with Crippen LogP contribution in [0.25, 0.3) is 0 Å². The predicted molar refractivity (Wildman–Crippen MR) is 121 cm³/mol. The number of aryl methyl sites for hydroxylation is 1. The molecule has 1 amide bonds. The standard InChI is InChI=1S/C25H33N3O2/c1-20-3-5-21(6-4-20)19-26-13-11-22(12-14-26)25(29)28-17-15-27(16-18-28)23-7-9-24(30-2)10-8-23/h3-10,22H,11-19H2,1-2H3. The van der Waals surface area contributed by atoms with Gasteiger partial charge in [0.15, 0.2) is 0 Å². The van der Waals surface area contributed by atoms with Crippen LogP contribution in [0.15, 0.2) is 48.5 Å². The lowest BCUT2D eigenvalue weighted by Crippen LogP contribution is -2.51. The SMILES string of the molecule is COc1ccc(N2CCN(C(=O)C3CCN(Cc4ccc(C)cc4)CC3)CC2)cc1. The normalized spacial score (nSPS) is 18.5. The van der Waals surface area contributed by atoms with Crippen molar-refractivity contribution in [1.82, 2.24) is 9.80 Å². The molecule has 30 heavy (non-hydrogen) atoms. The Labute approximate surface area is 180 Å². The molecule has 5 nitrogen and oxygen atoms in total. The third kappa shape index (κ3) is 4.96. The van der Waals surface area contributed by atoms with E-state index in [4.69, 9.17) is 4.74 Å². The maximum Gasteiger partial charge on any atom is 0.225 e. The molecule has 0 bridgehead atoms. The van der Waals surface area contributed by atoms with E-state index in [0.717, 1.165) is 64.4 Å². The first-order valence-electron chi connectivity index (χ1n) is 11.1. The van der Waals surface area contributed by atoms with Gasteiger partial charge in [-0.25, -0.2) is 0 Å². The second kappa shape index (κ2) is 9.52. The molecule has 2 aliphatic heterocycles. The summed E-state index contributed by atoms with van der Waals surface area (Å²) >= 11 is 0. The van der Waals surface area contributed by atoms with E-state index in [1.807, 2.05) is 12.1 Å². The molecule has 2 saturated heterocycles. The average Bonchev–Trinajstić information content (AvgIpc) is 2.81. The molecule has 0 saturated carbocycles. The number of nitrogens with zero attached hydrogens (tertiary/aromatic N) is 3. The minimum absolute atomic E-state index is 0.187. The minimum atomic E-state index is 0.187. The number of rotatable bonds is 5. The van der Waals surface area contributed by atoms with Crippen LogP contribution in [0, 0.1) is 12.8 Å². The van der Waals surface area contributed by atoms with Crippen LogP contribution in [0.2, 0.25) is 0 Å². The van der Waals surface area contributed by atoms with Gasteiger partial charge in [-0.15, -0.1) is 0 Å². The number of hydrogen-bond acceptors (Lipinski definition) is 4. The topological polar surface area (TPSA) is 36.0 Å². The summed E-state index contributed by atoms with van der Waals surface area (Å²) in [6.07, 6.45) is 1.95. The fourth-order valence-corrected chi connectivity index (χ4v) is 4.53. The first kappa shape index (κ1) is 20.7. The molecular formula is C25H33N3O2. The largest absolute Gasteiger partial charge is 0.497 e. The van der Waals surface area contributed by atoms with Crippen LogP contribution < -0.4 is 9.64 Å². The van der Waals surface area contributed by atoms with Crippen LogP contribution >= 0.6 is 0 Å². The summed E-state index contributed by atoms with van der Waals surface area (Å²) in [5.41, 5.74) is 3.86. The lowest BCUT2D eigenvalue weighted by atomic mass is 9.94. The monoisotopic (exact) mass is 407 g/mol. The van der Waals surface area contributed by atoms with Gasteiger partial charge in [-0.05, 0) is 62.7 Å². The second-order valence-electron chi connectivity index (χ2n) is 8.55. The third-order valence-corrected chi connectivity index (χ3v) is 6.49.